The van der Waals surface area contributed by atoms with Crippen LogP contribution >= 0.6 is 0 Å². The minimum Gasteiger partial charge on any atom is -0.237 e. The molecule has 1 rings (SSSR count). The smallest absolute Gasteiger partial charge is 0.237 e. The van der Waals surface area contributed by atoms with Gasteiger partial charge in [-0.3, -0.25) is 0 Å². The molecule has 0 radical (unpaired) electrons. The number of hydrogen-bond acceptors (Lipinski definition) is 0. The van der Waals surface area contributed by atoms with E-state index in [0.29, 0.717) is 0 Å². The van der Waals surface area contributed by atoms with Gasteiger partial charge >= 0.3 is 0 Å². The molecule has 0 bridgehead atoms. The normalized spacial score (nSPS) is 10.5. The minimum absolute atomic E-state index is 1.13. The third-order valence-corrected chi connectivity index (χ3v) is 2.26. The average molecular weight is 153 g/mol. The van der Waals surface area contributed by atoms with Gasteiger partial charge < -0.3 is 0 Å². The van der Waals surface area contributed by atoms with Crippen LogP contribution in [0, 0.1) is 13.8 Å². The van der Waals surface area contributed by atoms with Crippen molar-refractivity contribution < 1.29 is 4.57 Å². The second-order valence-corrected chi connectivity index (χ2v) is 3.09. The average Bonchev–Trinajstić information content (AvgIpc) is 2.19. The molecule has 0 aliphatic heterocycles. The predicted octanol–water partition coefficient (Wildman–Crippen LogP) is 1.34. The first-order valence-corrected chi connectivity index (χ1v) is 4.18. The molecule has 0 spiro atoms. The highest BCUT2D eigenvalue weighted by Crippen LogP contribution is 2.02. The summed E-state index contributed by atoms with van der Waals surface area (Å²) in [5.74, 6) is 0. The quantitative estimate of drug-likeness (QED) is 0.567. The molecule has 0 N–H and O–H groups in total. The predicted molar refractivity (Wildman–Crippen MR) is 45.4 cm³/mol. The lowest BCUT2D eigenvalue weighted by Gasteiger charge is -1.92. The SMILES string of the molecule is CCCn1c[n+](C)c(C)c1C. The third-order valence-electron chi connectivity index (χ3n) is 2.26. The molecule has 0 aliphatic carbocycles. The van der Waals surface area contributed by atoms with Crippen LogP contribution in [-0.2, 0) is 13.6 Å². The Kier molecular flexibility index (Phi) is 2.32. The zero-order chi connectivity index (χ0) is 8.43. The van der Waals surface area contributed by atoms with Crippen molar-refractivity contribution in [1.82, 2.24) is 4.57 Å². The monoisotopic (exact) mass is 153 g/mol. The maximum Gasteiger partial charge on any atom is 0.243 e. The van der Waals surface area contributed by atoms with E-state index in [-0.39, 0.29) is 0 Å². The topological polar surface area (TPSA) is 8.81 Å². The Morgan fingerprint density at radius 3 is 2.45 bits per heavy atom. The van der Waals surface area contributed by atoms with Gasteiger partial charge in [0.15, 0.2) is 0 Å². The number of imidazole rings is 1. The maximum atomic E-state index is 2.30. The van der Waals surface area contributed by atoms with Crippen LogP contribution in [0.1, 0.15) is 24.7 Å². The van der Waals surface area contributed by atoms with Crippen molar-refractivity contribution in [3.63, 3.8) is 0 Å². The number of hydrogen-bond donors (Lipinski definition) is 0. The van der Waals surface area contributed by atoms with Crippen LogP contribution < -0.4 is 4.57 Å². The van der Waals surface area contributed by atoms with Crippen LogP contribution in [-0.4, -0.2) is 4.57 Å². The molecule has 0 amide bonds. The summed E-state index contributed by atoms with van der Waals surface area (Å²) in [6.45, 7) is 7.66. The van der Waals surface area contributed by atoms with E-state index in [1.165, 1.54) is 17.8 Å². The molecule has 1 aromatic rings. The van der Waals surface area contributed by atoms with Crippen molar-refractivity contribution in [3.05, 3.63) is 17.7 Å². The highest BCUT2D eigenvalue weighted by molar-refractivity contribution is 5.02. The lowest BCUT2D eigenvalue weighted by Crippen LogP contribution is -2.28. The summed E-state index contributed by atoms with van der Waals surface area (Å²) in [6, 6.07) is 0. The summed E-state index contributed by atoms with van der Waals surface area (Å²) < 4.78 is 4.47. The molecule has 1 heterocycles. The van der Waals surface area contributed by atoms with Gasteiger partial charge in [0, 0.05) is 13.8 Å². The van der Waals surface area contributed by atoms with Crippen molar-refractivity contribution >= 4 is 0 Å². The molecular formula is C9H17N2+. The number of nitrogens with zero attached hydrogens (tertiary/aromatic N) is 2. The van der Waals surface area contributed by atoms with Crippen molar-refractivity contribution in [2.75, 3.05) is 0 Å². The van der Waals surface area contributed by atoms with Gasteiger partial charge in [-0.05, 0) is 6.42 Å². The molecule has 2 nitrogen and oxygen atoms in total. The van der Waals surface area contributed by atoms with Crippen molar-refractivity contribution in [2.45, 2.75) is 33.7 Å². The maximum absolute atomic E-state index is 2.30. The van der Waals surface area contributed by atoms with Crippen LogP contribution in [0.5, 0.6) is 0 Å². The Hall–Kier alpha value is -0.790. The Labute approximate surface area is 68.5 Å². The first-order chi connectivity index (χ1) is 5.16. The van der Waals surface area contributed by atoms with E-state index < -0.39 is 0 Å². The lowest BCUT2D eigenvalue weighted by molar-refractivity contribution is -0.677. The highest BCUT2D eigenvalue weighted by atomic mass is 15.1. The van der Waals surface area contributed by atoms with Gasteiger partial charge in [0.05, 0.1) is 13.6 Å². The van der Waals surface area contributed by atoms with Crippen LogP contribution in [0.2, 0.25) is 0 Å². The standard InChI is InChI=1S/C9H17N2/c1-5-6-11-7-10(4)8(2)9(11)3/h7H,5-6H2,1-4H3/q+1. The third kappa shape index (κ3) is 1.44. The van der Waals surface area contributed by atoms with E-state index in [2.05, 4.69) is 43.3 Å². The zero-order valence-corrected chi connectivity index (χ0v) is 7.89. The summed E-state index contributed by atoms with van der Waals surface area (Å²) in [5.41, 5.74) is 2.74. The van der Waals surface area contributed by atoms with Crippen LogP contribution in [0.25, 0.3) is 0 Å². The van der Waals surface area contributed by atoms with E-state index in [1.807, 2.05) is 0 Å². The second kappa shape index (κ2) is 3.07. The molecule has 0 saturated heterocycles. The van der Waals surface area contributed by atoms with Crippen molar-refractivity contribution in [2.24, 2.45) is 7.05 Å². The van der Waals surface area contributed by atoms with Gasteiger partial charge in [-0.15, -0.1) is 0 Å². The molecule has 62 valence electrons. The van der Waals surface area contributed by atoms with Crippen molar-refractivity contribution in [3.8, 4) is 0 Å². The van der Waals surface area contributed by atoms with Crippen molar-refractivity contribution in [1.29, 1.82) is 0 Å². The first kappa shape index (κ1) is 8.31. The molecule has 11 heavy (non-hydrogen) atoms. The molecule has 0 fully saturated rings. The van der Waals surface area contributed by atoms with Crippen LogP contribution in [0.4, 0.5) is 0 Å². The zero-order valence-electron chi connectivity index (χ0n) is 7.89. The van der Waals surface area contributed by atoms with Crippen LogP contribution in [0.15, 0.2) is 6.33 Å². The van der Waals surface area contributed by atoms with E-state index in [0.717, 1.165) is 6.54 Å². The van der Waals surface area contributed by atoms with Gasteiger partial charge in [0.25, 0.3) is 0 Å². The molecule has 0 atom stereocenters. The molecule has 0 unspecified atom stereocenters. The fourth-order valence-electron chi connectivity index (χ4n) is 1.31. The molecule has 2 heteroatoms. The Balaban J connectivity index is 2.98. The Morgan fingerprint density at radius 2 is 2.09 bits per heavy atom. The first-order valence-electron chi connectivity index (χ1n) is 4.18. The molecule has 1 aromatic heterocycles. The van der Waals surface area contributed by atoms with Crippen LogP contribution in [0.3, 0.4) is 0 Å². The summed E-state index contributed by atoms with van der Waals surface area (Å²) in [5, 5.41) is 0. The Bertz CT molecular complexity index is 248. The van der Waals surface area contributed by atoms with Gasteiger partial charge in [0.1, 0.15) is 11.4 Å². The Morgan fingerprint density at radius 1 is 1.45 bits per heavy atom. The number of rotatable bonds is 2. The second-order valence-electron chi connectivity index (χ2n) is 3.09. The largest absolute Gasteiger partial charge is 0.243 e. The summed E-state index contributed by atoms with van der Waals surface area (Å²) in [4.78, 5) is 0. The highest BCUT2D eigenvalue weighted by Gasteiger charge is 2.11. The summed E-state index contributed by atoms with van der Waals surface area (Å²) in [6.07, 6.45) is 3.36. The van der Waals surface area contributed by atoms with Gasteiger partial charge in [-0.1, -0.05) is 6.92 Å². The molecule has 0 aliphatic rings. The summed E-state index contributed by atoms with van der Waals surface area (Å²) >= 11 is 0. The number of aryl methyl sites for hydroxylation is 2. The van der Waals surface area contributed by atoms with Gasteiger partial charge in [-0.25, -0.2) is 9.13 Å². The van der Waals surface area contributed by atoms with E-state index in [9.17, 15) is 0 Å². The van der Waals surface area contributed by atoms with E-state index >= 15 is 0 Å². The van der Waals surface area contributed by atoms with E-state index in [4.69, 9.17) is 0 Å². The number of aromatic nitrogens is 2. The fraction of sp³-hybridized carbons (Fsp3) is 0.667. The molecule has 0 saturated carbocycles. The minimum atomic E-state index is 1.13. The molecule has 0 aromatic carbocycles. The lowest BCUT2D eigenvalue weighted by atomic mass is 10.3. The fourth-order valence-corrected chi connectivity index (χ4v) is 1.31. The van der Waals surface area contributed by atoms with Gasteiger partial charge in [0.2, 0.25) is 6.33 Å². The molecular weight excluding hydrogens is 136 g/mol. The summed E-state index contributed by atoms with van der Waals surface area (Å²) in [7, 11) is 2.09. The van der Waals surface area contributed by atoms with Gasteiger partial charge in [-0.2, -0.15) is 0 Å². The van der Waals surface area contributed by atoms with E-state index in [1.54, 1.807) is 0 Å².